The van der Waals surface area contributed by atoms with E-state index in [2.05, 4.69) is 30.3 Å². The van der Waals surface area contributed by atoms with Gasteiger partial charge in [0.1, 0.15) is 0 Å². The predicted molar refractivity (Wildman–Crippen MR) is 296 cm³/mol. The van der Waals surface area contributed by atoms with Gasteiger partial charge in [0.05, 0.1) is 103 Å². The number of hydrogen-bond acceptors (Lipinski definition) is 5. The number of halogens is 6. The number of nitriles is 5. The molecule has 0 N–H and O–H groups in total. The number of benzene rings is 10. The molecule has 0 spiro atoms. The number of hydrogen-bond donors (Lipinski definition) is 0. The smallest absolute Gasteiger partial charge is 0.307 e. The van der Waals surface area contributed by atoms with Gasteiger partial charge in [-0.15, -0.1) is 0 Å². The molecule has 80 heavy (non-hydrogen) atoms. The van der Waals surface area contributed by atoms with E-state index < -0.39 is 29.0 Å². The summed E-state index contributed by atoms with van der Waals surface area (Å²) in [6.45, 7) is 0. The Morgan fingerprint density at radius 1 is 0.275 bits per heavy atom. The van der Waals surface area contributed by atoms with Crippen molar-refractivity contribution in [3.05, 3.63) is 239 Å². The van der Waals surface area contributed by atoms with Crippen LogP contribution in [-0.4, -0.2) is 9.13 Å². The summed E-state index contributed by atoms with van der Waals surface area (Å²) >= 11 is 0. The summed E-state index contributed by atoms with van der Waals surface area (Å²) in [6, 6.07) is 66.3. The zero-order valence-electron chi connectivity index (χ0n) is 41.5. The lowest BCUT2D eigenvalue weighted by molar-refractivity contribution is -0.143. The van der Waals surface area contributed by atoms with Crippen molar-refractivity contribution in [1.82, 2.24) is 9.13 Å². The van der Waals surface area contributed by atoms with Crippen molar-refractivity contribution < 1.29 is 26.3 Å². The van der Waals surface area contributed by atoms with Gasteiger partial charge in [0.15, 0.2) is 0 Å². The first-order valence-corrected chi connectivity index (χ1v) is 24.7. The van der Waals surface area contributed by atoms with E-state index in [0.717, 1.165) is 0 Å². The molecule has 0 saturated heterocycles. The van der Waals surface area contributed by atoms with Crippen LogP contribution in [0.2, 0.25) is 0 Å². The van der Waals surface area contributed by atoms with Crippen molar-refractivity contribution in [3.63, 3.8) is 0 Å². The van der Waals surface area contributed by atoms with Gasteiger partial charge in [0.25, 0.3) is 0 Å². The Bertz CT molecular complexity index is 4570. The van der Waals surface area contributed by atoms with Crippen LogP contribution < -0.4 is 0 Å². The van der Waals surface area contributed by atoms with E-state index >= 15 is 0 Å². The minimum absolute atomic E-state index is 0.0481. The summed E-state index contributed by atoms with van der Waals surface area (Å²) < 4.78 is 91.9. The second-order valence-corrected chi connectivity index (χ2v) is 19.0. The topological polar surface area (TPSA) is 129 Å². The summed E-state index contributed by atoms with van der Waals surface area (Å²) in [5, 5.41) is 54.6. The van der Waals surface area contributed by atoms with Crippen LogP contribution in [0.1, 0.15) is 38.9 Å². The van der Waals surface area contributed by atoms with Crippen molar-refractivity contribution in [2.75, 3.05) is 0 Å². The molecule has 378 valence electrons. The lowest BCUT2D eigenvalue weighted by atomic mass is 9.94. The average Bonchev–Trinajstić information content (AvgIpc) is 4.00. The third-order valence-electron chi connectivity index (χ3n) is 14.6. The zero-order valence-corrected chi connectivity index (χ0v) is 41.5. The SMILES string of the molecule is N#Cc1ccccc1-c1ccc2c(c1)c1cc(-c3ccccc3C#N)ccc1n2-c1cc(C#N)c(-c2cc(C(F)(F)F)cc(C(F)(F)F)c2)cc1-n1c2ccc(-c3ccccc3C#N)cc2c2cc(-c3ccccc3C#N)ccc21. The van der Waals surface area contributed by atoms with Gasteiger partial charge in [0.2, 0.25) is 0 Å². The summed E-state index contributed by atoms with van der Waals surface area (Å²) in [5.74, 6) is 0. The van der Waals surface area contributed by atoms with Gasteiger partial charge in [-0.05, 0) is 153 Å². The molecular formula is C67H33F6N7. The summed E-state index contributed by atoms with van der Waals surface area (Å²) in [7, 11) is 0. The first kappa shape index (κ1) is 49.7. The number of rotatable bonds is 7. The van der Waals surface area contributed by atoms with Gasteiger partial charge in [-0.3, -0.25) is 0 Å². The van der Waals surface area contributed by atoms with Gasteiger partial charge in [-0.25, -0.2) is 0 Å². The Morgan fingerprint density at radius 3 is 0.850 bits per heavy atom. The van der Waals surface area contributed by atoms with Crippen LogP contribution >= 0.6 is 0 Å². The summed E-state index contributed by atoms with van der Waals surface area (Å²) in [5.41, 5.74) is 5.64. The lowest BCUT2D eigenvalue weighted by Gasteiger charge is -2.21. The molecule has 0 bridgehead atoms. The van der Waals surface area contributed by atoms with Crippen LogP contribution in [0.5, 0.6) is 0 Å². The molecule has 0 atom stereocenters. The highest BCUT2D eigenvalue weighted by Gasteiger charge is 2.37. The average molecular weight is 1050 g/mol. The fraction of sp³-hybridized carbons (Fsp3) is 0.0299. The molecule has 2 aromatic heterocycles. The van der Waals surface area contributed by atoms with Gasteiger partial charge in [-0.2, -0.15) is 52.7 Å². The van der Waals surface area contributed by atoms with Gasteiger partial charge < -0.3 is 9.13 Å². The maximum absolute atomic E-state index is 14.7. The Labute approximate surface area is 452 Å². The number of fused-ring (bicyclic) bond motifs is 6. The van der Waals surface area contributed by atoms with Crippen molar-refractivity contribution in [2.24, 2.45) is 0 Å². The van der Waals surface area contributed by atoms with E-state index in [-0.39, 0.29) is 22.9 Å². The second kappa shape index (κ2) is 19.1. The molecule has 7 nitrogen and oxygen atoms in total. The van der Waals surface area contributed by atoms with Crippen LogP contribution in [-0.2, 0) is 12.4 Å². The van der Waals surface area contributed by atoms with Gasteiger partial charge in [-0.1, -0.05) is 97.1 Å². The highest BCUT2D eigenvalue weighted by atomic mass is 19.4. The van der Waals surface area contributed by atoms with E-state index in [9.17, 15) is 52.7 Å². The molecule has 0 fully saturated rings. The number of alkyl halides is 6. The Balaban J connectivity index is 1.24. The largest absolute Gasteiger partial charge is 0.416 e. The third-order valence-corrected chi connectivity index (χ3v) is 14.6. The van der Waals surface area contributed by atoms with Crippen molar-refractivity contribution in [2.45, 2.75) is 12.4 Å². The molecule has 12 aromatic rings. The molecule has 2 heterocycles. The summed E-state index contributed by atoms with van der Waals surface area (Å²) in [6.07, 6.45) is -10.4. The van der Waals surface area contributed by atoms with Crippen LogP contribution in [0.4, 0.5) is 26.3 Å². The highest BCUT2D eigenvalue weighted by molar-refractivity contribution is 6.14. The normalized spacial score (nSPS) is 11.6. The van der Waals surface area contributed by atoms with Crippen LogP contribution in [0.25, 0.3) is 111 Å². The lowest BCUT2D eigenvalue weighted by Crippen LogP contribution is -2.11. The van der Waals surface area contributed by atoms with Crippen LogP contribution in [0, 0.1) is 56.7 Å². The Morgan fingerprint density at radius 2 is 0.562 bits per heavy atom. The van der Waals surface area contributed by atoms with Gasteiger partial charge in [0, 0.05) is 27.1 Å². The third kappa shape index (κ3) is 8.30. The molecule has 13 heteroatoms. The highest BCUT2D eigenvalue weighted by Crippen LogP contribution is 2.46. The van der Waals surface area contributed by atoms with E-state index in [4.69, 9.17) is 0 Å². The fourth-order valence-electron chi connectivity index (χ4n) is 10.9. The standard InChI is InChI=1S/C67H33F6N7/c68-66(69,70)49-25-47(26-50(32-49)67(71,72)73)55-33-65(80-62-23-19-41(53-15-7-3-11-45(53)36-76)29-58(62)59-30-42(20-24-63(59)80)54-16-8-4-12-46(54)37-77)64(31-48(55)38-78)79-60-21-17-39(51-13-5-1-9-43(51)34-74)27-56(60)57-28-40(18-22-61(57)79)52-14-6-2-10-44(52)35-75/h1-33H. The molecule has 10 aromatic carbocycles. The fourth-order valence-corrected chi connectivity index (χ4v) is 10.9. The zero-order chi connectivity index (χ0) is 55.6. The minimum atomic E-state index is -5.20. The Hall–Kier alpha value is -11.2. The molecule has 0 saturated carbocycles. The monoisotopic (exact) mass is 1050 g/mol. The first-order valence-electron chi connectivity index (χ1n) is 24.7. The van der Waals surface area contributed by atoms with Crippen molar-refractivity contribution >= 4 is 43.6 Å². The van der Waals surface area contributed by atoms with Crippen molar-refractivity contribution in [1.29, 1.82) is 26.3 Å². The van der Waals surface area contributed by atoms with E-state index in [1.54, 1.807) is 48.5 Å². The van der Waals surface area contributed by atoms with E-state index in [1.807, 2.05) is 130 Å². The molecule has 0 amide bonds. The molecule has 0 aliphatic rings. The maximum atomic E-state index is 14.7. The van der Waals surface area contributed by atoms with Crippen LogP contribution in [0.15, 0.2) is 200 Å². The van der Waals surface area contributed by atoms with E-state index in [1.165, 1.54) is 12.1 Å². The minimum Gasteiger partial charge on any atom is -0.307 e. The molecule has 0 unspecified atom stereocenters. The molecule has 0 radical (unpaired) electrons. The number of aromatic nitrogens is 2. The van der Waals surface area contributed by atoms with Crippen LogP contribution in [0.3, 0.4) is 0 Å². The Kier molecular flexibility index (Phi) is 11.9. The summed E-state index contributed by atoms with van der Waals surface area (Å²) in [4.78, 5) is 0. The van der Waals surface area contributed by atoms with E-state index in [0.29, 0.717) is 128 Å². The van der Waals surface area contributed by atoms with Gasteiger partial charge >= 0.3 is 12.4 Å². The second-order valence-electron chi connectivity index (χ2n) is 19.0. The molecule has 0 aliphatic heterocycles. The first-order chi connectivity index (χ1) is 38.7. The predicted octanol–water partition coefficient (Wildman–Crippen LogP) is 17.6. The molecule has 12 rings (SSSR count). The number of nitrogens with zero attached hydrogens (tertiary/aromatic N) is 7. The molecule has 0 aliphatic carbocycles. The maximum Gasteiger partial charge on any atom is 0.416 e. The molecular weight excluding hydrogens is 1020 g/mol. The quantitative estimate of drug-likeness (QED) is 0.147. The van der Waals surface area contributed by atoms with Crippen molar-refractivity contribution in [3.8, 4) is 97.4 Å².